The van der Waals surface area contributed by atoms with Gasteiger partial charge in [0.2, 0.25) is 5.88 Å². The van der Waals surface area contributed by atoms with Gasteiger partial charge in [-0.1, -0.05) is 0 Å². The maximum absolute atomic E-state index is 12.1. The predicted molar refractivity (Wildman–Crippen MR) is 64.3 cm³/mol. The maximum Gasteiger partial charge on any atom is 0.511 e. The lowest BCUT2D eigenvalue weighted by atomic mass is 10.3. The van der Waals surface area contributed by atoms with Gasteiger partial charge >= 0.3 is 21.5 Å². The molecule has 11 heteroatoms. The van der Waals surface area contributed by atoms with Gasteiger partial charge < -0.3 is 9.84 Å². The van der Waals surface area contributed by atoms with Gasteiger partial charge in [0.05, 0.1) is 11.6 Å². The third kappa shape index (κ3) is 4.86. The number of nitrogens with zero attached hydrogens (tertiary/aromatic N) is 1. The molecule has 0 amide bonds. The highest BCUT2D eigenvalue weighted by Crippen LogP contribution is 2.22. The second-order valence-corrected chi connectivity index (χ2v) is 5.67. The summed E-state index contributed by atoms with van der Waals surface area (Å²) >= 11 is 0. The van der Waals surface area contributed by atoms with Gasteiger partial charge in [0.25, 0.3) is 0 Å². The van der Waals surface area contributed by atoms with Gasteiger partial charge in [-0.3, -0.25) is 0 Å². The number of carboxylic acids is 1. The van der Waals surface area contributed by atoms with E-state index in [1.165, 1.54) is 10.8 Å². The Morgan fingerprint density at radius 1 is 1.52 bits per heavy atom. The molecule has 1 rings (SSSR count). The molecule has 0 unspecified atom stereocenters. The normalized spacial score (nSPS) is 13.7. The van der Waals surface area contributed by atoms with Crippen LogP contribution in [0.2, 0.25) is 0 Å². The number of hydrogen-bond donors (Lipinski definition) is 2. The minimum Gasteiger partial charge on any atom is -0.478 e. The van der Waals surface area contributed by atoms with Crippen molar-refractivity contribution < 1.29 is 36.2 Å². The van der Waals surface area contributed by atoms with Crippen LogP contribution in [0.1, 0.15) is 17.3 Å². The minimum atomic E-state index is -5.47. The standard InChI is InChI=1S/C10H11F3N2O5S/c1-6(15-21(18,19)10(11,12)13)5-20-8-4-7(9(16)17)2-3-14-8/h2-4,6,15H,5H2,1H3,(H,16,17)/t6-/m0/s1. The first-order valence-corrected chi connectivity index (χ1v) is 6.92. The zero-order valence-electron chi connectivity index (χ0n) is 10.6. The third-order valence-corrected chi connectivity index (χ3v) is 3.45. The largest absolute Gasteiger partial charge is 0.511 e. The molecule has 0 aliphatic heterocycles. The van der Waals surface area contributed by atoms with Crippen LogP contribution in [0.15, 0.2) is 18.3 Å². The van der Waals surface area contributed by atoms with E-state index in [0.717, 1.165) is 19.2 Å². The van der Waals surface area contributed by atoms with Gasteiger partial charge in [-0.2, -0.15) is 13.2 Å². The first-order valence-electron chi connectivity index (χ1n) is 5.43. The highest BCUT2D eigenvalue weighted by atomic mass is 32.2. The molecule has 0 spiro atoms. The van der Waals surface area contributed by atoms with Crippen molar-refractivity contribution in [2.24, 2.45) is 0 Å². The number of aromatic nitrogens is 1. The maximum atomic E-state index is 12.1. The number of pyridine rings is 1. The average Bonchev–Trinajstić information content (AvgIpc) is 2.35. The minimum absolute atomic E-state index is 0.122. The van der Waals surface area contributed by atoms with E-state index in [2.05, 4.69) is 4.98 Å². The van der Waals surface area contributed by atoms with E-state index in [0.29, 0.717) is 0 Å². The van der Waals surface area contributed by atoms with Crippen molar-refractivity contribution in [2.45, 2.75) is 18.5 Å². The van der Waals surface area contributed by atoms with E-state index < -0.39 is 34.1 Å². The van der Waals surface area contributed by atoms with Gasteiger partial charge in [0, 0.05) is 12.3 Å². The summed E-state index contributed by atoms with van der Waals surface area (Å²) in [6, 6.07) is 1.07. The predicted octanol–water partition coefficient (Wildman–Crippen LogP) is 0.986. The molecule has 0 saturated heterocycles. The summed E-state index contributed by atoms with van der Waals surface area (Å²) in [6.07, 6.45) is 1.14. The quantitative estimate of drug-likeness (QED) is 0.806. The molecular formula is C10H11F3N2O5S. The van der Waals surface area contributed by atoms with Gasteiger partial charge in [0.1, 0.15) is 6.61 Å². The van der Waals surface area contributed by atoms with Crippen molar-refractivity contribution in [3.8, 4) is 5.88 Å². The van der Waals surface area contributed by atoms with E-state index >= 15 is 0 Å². The van der Waals surface area contributed by atoms with Gasteiger partial charge in [0.15, 0.2) is 0 Å². The molecule has 2 N–H and O–H groups in total. The van der Waals surface area contributed by atoms with Crippen molar-refractivity contribution in [3.63, 3.8) is 0 Å². The zero-order valence-corrected chi connectivity index (χ0v) is 11.4. The Balaban J connectivity index is 2.64. The number of aromatic carboxylic acids is 1. The Hall–Kier alpha value is -1.88. The van der Waals surface area contributed by atoms with Crippen molar-refractivity contribution in [3.05, 3.63) is 23.9 Å². The molecule has 1 atom stereocenters. The molecule has 0 aromatic carbocycles. The summed E-state index contributed by atoms with van der Waals surface area (Å²) < 4.78 is 64.4. The molecule has 1 heterocycles. The Kier molecular flexibility index (Phi) is 5.12. The number of sulfonamides is 1. The number of carbonyl (C=O) groups is 1. The molecule has 0 saturated carbocycles. The lowest BCUT2D eigenvalue weighted by Crippen LogP contribution is -2.43. The molecule has 118 valence electrons. The van der Waals surface area contributed by atoms with Crippen LogP contribution < -0.4 is 9.46 Å². The number of alkyl halides is 3. The molecule has 21 heavy (non-hydrogen) atoms. The van der Waals surface area contributed by atoms with Crippen molar-refractivity contribution in [1.82, 2.24) is 9.71 Å². The summed E-state index contributed by atoms with van der Waals surface area (Å²) in [7, 11) is -5.47. The molecule has 0 radical (unpaired) electrons. The number of rotatable bonds is 6. The monoisotopic (exact) mass is 328 g/mol. The fraction of sp³-hybridized carbons (Fsp3) is 0.400. The number of carboxylic acid groups (broad SMARTS) is 1. The summed E-state index contributed by atoms with van der Waals surface area (Å²) in [5.74, 6) is -1.37. The number of nitrogens with one attached hydrogen (secondary N) is 1. The molecule has 0 aliphatic rings. The van der Waals surface area contributed by atoms with Gasteiger partial charge in [-0.05, 0) is 13.0 Å². The Morgan fingerprint density at radius 3 is 2.67 bits per heavy atom. The molecule has 0 aliphatic carbocycles. The Bertz CT molecular complexity index is 617. The average molecular weight is 328 g/mol. The second-order valence-electron chi connectivity index (χ2n) is 3.97. The van der Waals surface area contributed by atoms with E-state index in [1.807, 2.05) is 0 Å². The van der Waals surface area contributed by atoms with Crippen LogP contribution in [0.5, 0.6) is 5.88 Å². The second kappa shape index (κ2) is 6.26. The fourth-order valence-corrected chi connectivity index (χ4v) is 1.93. The molecule has 7 nitrogen and oxygen atoms in total. The summed E-state index contributed by atoms with van der Waals surface area (Å²) in [4.78, 5) is 14.3. The van der Waals surface area contributed by atoms with Crippen LogP contribution in [-0.2, 0) is 10.0 Å². The highest BCUT2D eigenvalue weighted by molar-refractivity contribution is 7.90. The topological polar surface area (TPSA) is 106 Å². The lowest BCUT2D eigenvalue weighted by Gasteiger charge is -2.16. The van der Waals surface area contributed by atoms with Crippen molar-refractivity contribution in [1.29, 1.82) is 0 Å². The summed E-state index contributed by atoms with van der Waals surface area (Å²) in [5, 5.41) is 8.73. The van der Waals surface area contributed by atoms with Crippen LogP contribution in [-0.4, -0.2) is 42.6 Å². The van der Waals surface area contributed by atoms with Crippen molar-refractivity contribution >= 4 is 16.0 Å². The zero-order chi connectivity index (χ0) is 16.3. The van der Waals surface area contributed by atoms with Crippen LogP contribution >= 0.6 is 0 Å². The fourth-order valence-electron chi connectivity index (χ4n) is 1.20. The van der Waals surface area contributed by atoms with E-state index in [9.17, 15) is 26.4 Å². The highest BCUT2D eigenvalue weighted by Gasteiger charge is 2.46. The van der Waals surface area contributed by atoms with E-state index in [1.54, 1.807) is 0 Å². The third-order valence-electron chi connectivity index (χ3n) is 2.12. The Labute approximate surface area is 117 Å². The van der Waals surface area contributed by atoms with Gasteiger partial charge in [-0.25, -0.2) is 22.9 Å². The Morgan fingerprint density at radius 2 is 2.14 bits per heavy atom. The number of ether oxygens (including phenoxy) is 1. The lowest BCUT2D eigenvalue weighted by molar-refractivity contribution is -0.0451. The summed E-state index contributed by atoms with van der Waals surface area (Å²) in [6.45, 7) is 0.704. The van der Waals surface area contributed by atoms with Crippen LogP contribution in [0.3, 0.4) is 0 Å². The first-order chi connectivity index (χ1) is 9.53. The molecule has 1 aromatic rings. The SMILES string of the molecule is C[C@@H](COc1cc(C(=O)O)ccn1)NS(=O)(=O)C(F)(F)F. The van der Waals surface area contributed by atoms with Crippen LogP contribution in [0.4, 0.5) is 13.2 Å². The van der Waals surface area contributed by atoms with Crippen molar-refractivity contribution in [2.75, 3.05) is 6.61 Å². The molecule has 1 aromatic heterocycles. The summed E-state index contributed by atoms with van der Waals surface area (Å²) in [5.41, 5.74) is -5.54. The molecule has 0 fully saturated rings. The first kappa shape index (κ1) is 17.2. The van der Waals surface area contributed by atoms with E-state index in [-0.39, 0.29) is 11.4 Å². The number of hydrogen-bond acceptors (Lipinski definition) is 5. The molecular weight excluding hydrogens is 317 g/mol. The van der Waals surface area contributed by atoms with E-state index in [4.69, 9.17) is 9.84 Å². The number of halogens is 3. The van der Waals surface area contributed by atoms with Crippen LogP contribution in [0.25, 0.3) is 0 Å². The smallest absolute Gasteiger partial charge is 0.478 e. The molecule has 0 bridgehead atoms. The van der Waals surface area contributed by atoms with Crippen LogP contribution in [0, 0.1) is 0 Å². The van der Waals surface area contributed by atoms with Gasteiger partial charge in [-0.15, -0.1) is 0 Å².